The van der Waals surface area contributed by atoms with Crippen LogP contribution in [0.15, 0.2) is 22.8 Å². The van der Waals surface area contributed by atoms with Gasteiger partial charge in [-0.05, 0) is 98.9 Å². The van der Waals surface area contributed by atoms with Crippen molar-refractivity contribution in [2.24, 2.45) is 39.9 Å². The molecule has 0 aromatic heterocycles. The molecule has 0 aromatic rings. The van der Waals surface area contributed by atoms with Gasteiger partial charge in [-0.1, -0.05) is 39.3 Å². The zero-order chi connectivity index (χ0) is 30.7. The summed E-state index contributed by atoms with van der Waals surface area (Å²) in [4.78, 5) is 37.7. The fourth-order valence-electron chi connectivity index (χ4n) is 10.2. The molecule has 0 saturated heterocycles. The Balaban J connectivity index is 1.92. The van der Waals surface area contributed by atoms with Gasteiger partial charge in [0.05, 0.1) is 12.2 Å². The summed E-state index contributed by atoms with van der Waals surface area (Å²) >= 11 is 0. The molecule has 4 fully saturated rings. The summed E-state index contributed by atoms with van der Waals surface area (Å²) in [6.07, 6.45) is 3.07. The van der Waals surface area contributed by atoms with E-state index in [1.54, 1.807) is 0 Å². The lowest BCUT2D eigenvalue weighted by atomic mass is 9.35. The smallest absolute Gasteiger partial charge is 0.331 e. The number of esters is 2. The number of hydrogen-bond donors (Lipinski definition) is 3. The van der Waals surface area contributed by atoms with Crippen LogP contribution in [0.25, 0.3) is 0 Å². The van der Waals surface area contributed by atoms with Gasteiger partial charge in [-0.3, -0.25) is 9.59 Å². The van der Waals surface area contributed by atoms with Crippen LogP contribution in [-0.2, 0) is 23.9 Å². The maximum atomic E-state index is 12.8. The first kappa shape index (κ1) is 31.7. The van der Waals surface area contributed by atoms with Crippen LogP contribution < -0.4 is 0 Å². The van der Waals surface area contributed by atoms with Gasteiger partial charge in [-0.25, -0.2) is 4.79 Å². The minimum Gasteiger partial charge on any atom is -0.478 e. The predicted octanol–water partition coefficient (Wildman–Crippen LogP) is 5.21. The van der Waals surface area contributed by atoms with Crippen LogP contribution in [0.3, 0.4) is 0 Å². The van der Waals surface area contributed by atoms with Crippen LogP contribution in [0.4, 0.5) is 0 Å². The number of carboxylic acids is 1. The molecule has 4 aliphatic rings. The first-order valence-corrected chi connectivity index (χ1v) is 15.3. The fraction of sp³-hybridized carbons (Fsp3) is 0.788. The van der Waals surface area contributed by atoms with Gasteiger partial charge < -0.3 is 24.8 Å². The largest absolute Gasteiger partial charge is 0.478 e. The quantitative estimate of drug-likeness (QED) is 0.224. The highest BCUT2D eigenvalue weighted by atomic mass is 16.6. The standard InChI is InChI=1S/C33H50O8/c1-17(2)10-9-11-21(30(38)39)26-22-12-13-25-31(6)15-14-23(36)18(3)27(31)28(37)29(41-20(5)35)33(25,8)32(22,7)16-24(26)40-19(4)34/h10,18,22-25,27-29,36-37H,9,11-16H2,1-8H3,(H,38,39)/b26-21+/t18-,22+,23-,24+,25+,27-,28-,29+,31-,32+,33-/m1/s1. The molecule has 0 radical (unpaired) electrons. The maximum absolute atomic E-state index is 12.8. The number of carboxylic acid groups (broad SMARTS) is 1. The lowest BCUT2D eigenvalue weighted by Gasteiger charge is -2.70. The van der Waals surface area contributed by atoms with Gasteiger partial charge >= 0.3 is 17.9 Å². The van der Waals surface area contributed by atoms with Crippen molar-refractivity contribution < 1.29 is 39.2 Å². The average molecular weight is 575 g/mol. The molecule has 11 atom stereocenters. The zero-order valence-corrected chi connectivity index (χ0v) is 26.0. The van der Waals surface area contributed by atoms with Crippen LogP contribution >= 0.6 is 0 Å². The van der Waals surface area contributed by atoms with Crippen LogP contribution in [0.1, 0.15) is 100 Å². The number of rotatable bonds is 6. The number of hydrogen-bond acceptors (Lipinski definition) is 7. The second-order valence-corrected chi connectivity index (χ2v) is 14.3. The number of allylic oxidation sites excluding steroid dienone is 2. The molecule has 3 N–H and O–H groups in total. The van der Waals surface area contributed by atoms with Crippen molar-refractivity contribution in [1.82, 2.24) is 0 Å². The highest BCUT2D eigenvalue weighted by Crippen LogP contribution is 2.75. The van der Waals surface area contributed by atoms with Crippen LogP contribution in [0, 0.1) is 39.9 Å². The number of aliphatic hydroxyl groups is 2. The van der Waals surface area contributed by atoms with E-state index < -0.39 is 53.2 Å². The van der Waals surface area contributed by atoms with Gasteiger partial charge in [0.15, 0.2) is 0 Å². The molecule has 8 nitrogen and oxygen atoms in total. The Hall–Kier alpha value is -2.19. The number of aliphatic carboxylic acids is 1. The van der Waals surface area contributed by atoms with Gasteiger partial charge in [0.25, 0.3) is 0 Å². The van der Waals surface area contributed by atoms with E-state index in [0.717, 1.165) is 18.4 Å². The van der Waals surface area contributed by atoms with E-state index in [9.17, 15) is 29.7 Å². The number of carbonyl (C=O) groups excluding carboxylic acids is 2. The molecule has 0 heterocycles. The Morgan fingerprint density at radius 3 is 2.17 bits per heavy atom. The lowest BCUT2D eigenvalue weighted by molar-refractivity contribution is -0.288. The van der Waals surface area contributed by atoms with E-state index in [1.807, 2.05) is 26.8 Å². The van der Waals surface area contributed by atoms with E-state index in [4.69, 9.17) is 9.47 Å². The number of aliphatic hydroxyl groups excluding tert-OH is 2. The minimum atomic E-state index is -1.00. The summed E-state index contributed by atoms with van der Waals surface area (Å²) in [5.41, 5.74) is 0.390. The fourth-order valence-corrected chi connectivity index (χ4v) is 10.2. The zero-order valence-electron chi connectivity index (χ0n) is 26.0. The van der Waals surface area contributed by atoms with E-state index in [2.05, 4.69) is 20.8 Å². The predicted molar refractivity (Wildman–Crippen MR) is 153 cm³/mol. The maximum Gasteiger partial charge on any atom is 0.331 e. The monoisotopic (exact) mass is 574 g/mol. The van der Waals surface area contributed by atoms with Gasteiger partial charge in [-0.2, -0.15) is 0 Å². The topological polar surface area (TPSA) is 130 Å². The Kier molecular flexibility index (Phi) is 8.63. The highest BCUT2D eigenvalue weighted by molar-refractivity contribution is 5.88. The molecule has 0 spiro atoms. The summed E-state index contributed by atoms with van der Waals surface area (Å²) < 4.78 is 12.0. The summed E-state index contributed by atoms with van der Waals surface area (Å²) in [5, 5.41) is 33.3. The third-order valence-electron chi connectivity index (χ3n) is 11.9. The van der Waals surface area contributed by atoms with Crippen molar-refractivity contribution in [3.63, 3.8) is 0 Å². The van der Waals surface area contributed by atoms with Gasteiger partial charge in [0, 0.05) is 24.8 Å². The van der Waals surface area contributed by atoms with Crippen molar-refractivity contribution in [3.8, 4) is 0 Å². The van der Waals surface area contributed by atoms with Crippen molar-refractivity contribution in [1.29, 1.82) is 0 Å². The molecule has 0 bridgehead atoms. The normalized spacial score (nSPS) is 44.5. The van der Waals surface area contributed by atoms with E-state index in [0.29, 0.717) is 43.3 Å². The molecule has 0 aromatic carbocycles. The SMILES string of the molecule is CC(=O)O[C@H]1C[C@@]2(C)[C@@H](CC[C@H]3[C@@]4(C)CC[C@@H](O)[C@@H](C)[C@@H]4[C@@H](O)[C@H](OC(C)=O)[C@@]32C)/C1=C(/CCC=C(C)C)C(=O)O. The number of fused-ring (bicyclic) bond motifs is 5. The van der Waals surface area contributed by atoms with Crippen molar-refractivity contribution in [3.05, 3.63) is 22.8 Å². The van der Waals surface area contributed by atoms with E-state index >= 15 is 0 Å². The van der Waals surface area contributed by atoms with Gasteiger partial charge in [-0.15, -0.1) is 0 Å². The Morgan fingerprint density at radius 2 is 1.61 bits per heavy atom. The molecule has 0 aliphatic heterocycles. The third-order valence-corrected chi connectivity index (χ3v) is 11.9. The second kappa shape index (κ2) is 11.1. The first-order valence-electron chi connectivity index (χ1n) is 15.3. The molecule has 4 rings (SSSR count). The van der Waals surface area contributed by atoms with E-state index in [-0.39, 0.29) is 29.1 Å². The molecule has 8 heteroatoms. The molecule has 0 amide bonds. The Morgan fingerprint density at radius 1 is 0.976 bits per heavy atom. The average Bonchev–Trinajstić information content (AvgIpc) is 3.13. The van der Waals surface area contributed by atoms with Gasteiger partial charge in [0.1, 0.15) is 12.2 Å². The highest BCUT2D eigenvalue weighted by Gasteiger charge is 2.74. The molecule has 230 valence electrons. The van der Waals surface area contributed by atoms with Crippen LogP contribution in [-0.4, -0.2) is 57.6 Å². The van der Waals surface area contributed by atoms with Crippen LogP contribution in [0.2, 0.25) is 0 Å². The molecule has 4 saturated carbocycles. The van der Waals surface area contributed by atoms with Crippen molar-refractivity contribution in [2.75, 3.05) is 0 Å². The van der Waals surface area contributed by atoms with Crippen LogP contribution in [0.5, 0.6) is 0 Å². The summed E-state index contributed by atoms with van der Waals surface area (Å²) in [5.74, 6) is -2.55. The number of carbonyl (C=O) groups is 3. The molecule has 4 aliphatic carbocycles. The Labute approximate surface area is 244 Å². The first-order chi connectivity index (χ1) is 19.0. The van der Waals surface area contributed by atoms with Gasteiger partial charge in [0.2, 0.25) is 0 Å². The third kappa shape index (κ3) is 4.97. The minimum absolute atomic E-state index is 0.0419. The molecular formula is C33H50O8. The summed E-state index contributed by atoms with van der Waals surface area (Å²) in [6, 6.07) is 0. The molecule has 41 heavy (non-hydrogen) atoms. The summed E-state index contributed by atoms with van der Waals surface area (Å²) in [6.45, 7) is 15.1. The molecule has 0 unspecified atom stereocenters. The molecular weight excluding hydrogens is 524 g/mol. The lowest BCUT2D eigenvalue weighted by Crippen LogP contribution is -2.72. The Bertz CT molecular complexity index is 1140. The number of ether oxygens (including phenoxy) is 2. The van der Waals surface area contributed by atoms with E-state index in [1.165, 1.54) is 13.8 Å². The van der Waals surface area contributed by atoms with Crippen molar-refractivity contribution >= 4 is 17.9 Å². The second-order valence-electron chi connectivity index (χ2n) is 14.3. The summed E-state index contributed by atoms with van der Waals surface area (Å²) in [7, 11) is 0. The van der Waals surface area contributed by atoms with Crippen molar-refractivity contribution in [2.45, 2.75) is 125 Å².